The molecule has 0 aromatic heterocycles. The van der Waals surface area contributed by atoms with E-state index in [1.54, 1.807) is 0 Å². The summed E-state index contributed by atoms with van der Waals surface area (Å²) in [4.78, 5) is 0. The van der Waals surface area contributed by atoms with Crippen molar-refractivity contribution in [2.24, 2.45) is 11.8 Å². The molecule has 2 heterocycles. The first kappa shape index (κ1) is 6.62. The Morgan fingerprint density at radius 1 is 0.700 bits per heavy atom. The molecule has 0 aliphatic carbocycles. The van der Waals surface area contributed by atoms with Crippen molar-refractivity contribution in [3.05, 3.63) is 0 Å². The zero-order chi connectivity index (χ0) is 6.81. The molecule has 0 radical (unpaired) electrons. The Hall–Kier alpha value is -0.0800. The van der Waals surface area contributed by atoms with Crippen molar-refractivity contribution >= 4 is 0 Å². The lowest BCUT2D eigenvalue weighted by atomic mass is 10.0. The van der Waals surface area contributed by atoms with Gasteiger partial charge in [-0.1, -0.05) is 0 Å². The molecular weight excluding hydrogens is 128 g/mol. The first-order valence-corrected chi connectivity index (χ1v) is 4.10. The quantitative estimate of drug-likeness (QED) is 0.503. The molecule has 2 fully saturated rings. The molecule has 58 valence electrons. The molecule has 0 amide bonds. The summed E-state index contributed by atoms with van der Waals surface area (Å²) < 4.78 is 11.0. The van der Waals surface area contributed by atoms with Gasteiger partial charge >= 0.3 is 0 Å². The van der Waals surface area contributed by atoms with Crippen molar-refractivity contribution in [3.63, 3.8) is 0 Å². The maximum atomic E-state index is 5.48. The highest BCUT2D eigenvalue weighted by Crippen LogP contribution is 2.23. The topological polar surface area (TPSA) is 18.5 Å². The van der Waals surface area contributed by atoms with Crippen molar-refractivity contribution in [3.8, 4) is 0 Å². The van der Waals surface area contributed by atoms with Crippen LogP contribution < -0.4 is 0 Å². The largest absolute Gasteiger partial charge is 0.381 e. The average Bonchev–Trinajstić information content (AvgIpc) is 2.17. The van der Waals surface area contributed by atoms with Crippen molar-refractivity contribution in [1.29, 1.82) is 0 Å². The van der Waals surface area contributed by atoms with E-state index in [0.717, 1.165) is 26.4 Å². The second-order valence-corrected chi connectivity index (χ2v) is 3.38. The Labute approximate surface area is 61.5 Å². The van der Waals surface area contributed by atoms with Crippen LogP contribution in [0.25, 0.3) is 0 Å². The van der Waals surface area contributed by atoms with Crippen LogP contribution >= 0.6 is 0 Å². The van der Waals surface area contributed by atoms with Crippen molar-refractivity contribution < 1.29 is 9.47 Å². The lowest BCUT2D eigenvalue weighted by Gasteiger charge is -2.16. The van der Waals surface area contributed by atoms with Gasteiger partial charge in [0.25, 0.3) is 0 Å². The van der Waals surface area contributed by atoms with E-state index in [1.807, 2.05) is 0 Å². The van der Waals surface area contributed by atoms with E-state index in [2.05, 4.69) is 0 Å². The minimum atomic E-state index is 0.687. The second kappa shape index (κ2) is 2.89. The molecule has 10 heavy (non-hydrogen) atoms. The van der Waals surface area contributed by atoms with Crippen LogP contribution in [-0.2, 0) is 9.47 Å². The number of hydrogen-bond acceptors (Lipinski definition) is 2. The van der Waals surface area contributed by atoms with Gasteiger partial charge < -0.3 is 9.47 Å². The summed E-state index contributed by atoms with van der Waals surface area (Å²) in [5.41, 5.74) is 0. The van der Waals surface area contributed by atoms with Gasteiger partial charge in [0.2, 0.25) is 0 Å². The van der Waals surface area contributed by atoms with Gasteiger partial charge in [-0.15, -0.1) is 0 Å². The monoisotopic (exact) mass is 142 g/mol. The smallest absolute Gasteiger partial charge is 0.0516 e. The number of rotatable bonds is 0. The van der Waals surface area contributed by atoms with Gasteiger partial charge in [-0.05, 0) is 12.8 Å². The Balaban J connectivity index is 2.01. The molecule has 0 aromatic rings. The number of fused-ring (bicyclic) bond motifs is 3. The fourth-order valence-electron chi connectivity index (χ4n) is 1.70. The van der Waals surface area contributed by atoms with E-state index in [4.69, 9.17) is 9.47 Å². The van der Waals surface area contributed by atoms with Crippen LogP contribution in [0.2, 0.25) is 0 Å². The van der Waals surface area contributed by atoms with Crippen molar-refractivity contribution in [2.45, 2.75) is 12.8 Å². The zero-order valence-electron chi connectivity index (χ0n) is 6.21. The summed E-state index contributed by atoms with van der Waals surface area (Å²) in [5.74, 6) is 1.37. The van der Waals surface area contributed by atoms with Gasteiger partial charge in [-0.2, -0.15) is 0 Å². The minimum absolute atomic E-state index is 0.687. The van der Waals surface area contributed by atoms with Gasteiger partial charge in [-0.25, -0.2) is 0 Å². The Morgan fingerprint density at radius 2 is 1.10 bits per heavy atom. The molecule has 2 rings (SSSR count). The average molecular weight is 142 g/mol. The van der Waals surface area contributed by atoms with Crippen LogP contribution in [-0.4, -0.2) is 26.4 Å². The summed E-state index contributed by atoms with van der Waals surface area (Å²) in [6.45, 7) is 3.71. The van der Waals surface area contributed by atoms with E-state index in [0.29, 0.717) is 11.8 Å². The third kappa shape index (κ3) is 1.32. The second-order valence-electron chi connectivity index (χ2n) is 3.38. The maximum absolute atomic E-state index is 5.48. The molecule has 0 atom stereocenters. The molecule has 2 aliphatic heterocycles. The zero-order valence-corrected chi connectivity index (χ0v) is 6.21. The third-order valence-electron chi connectivity index (χ3n) is 2.40. The van der Waals surface area contributed by atoms with Crippen LogP contribution in [0.1, 0.15) is 12.8 Å². The summed E-state index contributed by atoms with van der Waals surface area (Å²) in [6.07, 6.45) is 2.62. The minimum Gasteiger partial charge on any atom is -0.381 e. The highest BCUT2D eigenvalue weighted by molar-refractivity contribution is 4.71. The molecule has 2 aliphatic rings. The molecule has 2 heteroatoms. The van der Waals surface area contributed by atoms with Crippen LogP contribution in [0.15, 0.2) is 0 Å². The normalized spacial score (nSPS) is 40.8. The van der Waals surface area contributed by atoms with E-state index in [9.17, 15) is 0 Å². The predicted molar refractivity (Wildman–Crippen MR) is 37.9 cm³/mol. The maximum Gasteiger partial charge on any atom is 0.0516 e. The standard InChI is InChI=1S/C8H14O2/c1-2-8-5-9-3-7(1)4-10-6-8/h7-8H,1-6H2. The SMILES string of the molecule is C1CC2COCC1COC2. The third-order valence-corrected chi connectivity index (χ3v) is 2.40. The fourth-order valence-corrected chi connectivity index (χ4v) is 1.70. The highest BCUT2D eigenvalue weighted by Gasteiger charge is 2.23. The van der Waals surface area contributed by atoms with Crippen LogP contribution in [0, 0.1) is 11.8 Å². The molecule has 0 saturated carbocycles. The summed E-state index contributed by atoms with van der Waals surface area (Å²) in [5, 5.41) is 0. The molecule has 0 spiro atoms. The van der Waals surface area contributed by atoms with Crippen molar-refractivity contribution in [1.82, 2.24) is 0 Å². The fraction of sp³-hybridized carbons (Fsp3) is 1.00. The lowest BCUT2D eigenvalue weighted by molar-refractivity contribution is -0.00595. The Morgan fingerprint density at radius 3 is 1.50 bits per heavy atom. The molecule has 2 bridgehead atoms. The first-order valence-electron chi connectivity index (χ1n) is 4.10. The summed E-state index contributed by atoms with van der Waals surface area (Å²) in [7, 11) is 0. The van der Waals surface area contributed by atoms with Gasteiger partial charge in [0.15, 0.2) is 0 Å². The molecule has 0 N–H and O–H groups in total. The molecular formula is C8H14O2. The van der Waals surface area contributed by atoms with Crippen LogP contribution in [0.5, 0.6) is 0 Å². The lowest BCUT2D eigenvalue weighted by Crippen LogP contribution is -2.20. The molecule has 0 aromatic carbocycles. The van der Waals surface area contributed by atoms with Gasteiger partial charge in [0.1, 0.15) is 0 Å². The summed E-state index contributed by atoms with van der Waals surface area (Å²) in [6, 6.07) is 0. The molecule has 0 unspecified atom stereocenters. The molecule has 2 saturated heterocycles. The Bertz CT molecular complexity index is 91.8. The van der Waals surface area contributed by atoms with Crippen LogP contribution in [0.4, 0.5) is 0 Å². The van der Waals surface area contributed by atoms with E-state index < -0.39 is 0 Å². The highest BCUT2D eigenvalue weighted by atomic mass is 16.5. The summed E-state index contributed by atoms with van der Waals surface area (Å²) >= 11 is 0. The predicted octanol–water partition coefficient (Wildman–Crippen LogP) is 1.06. The van der Waals surface area contributed by atoms with E-state index >= 15 is 0 Å². The van der Waals surface area contributed by atoms with Gasteiger partial charge in [0, 0.05) is 11.8 Å². The van der Waals surface area contributed by atoms with Gasteiger partial charge in [0.05, 0.1) is 26.4 Å². The van der Waals surface area contributed by atoms with E-state index in [-0.39, 0.29) is 0 Å². The van der Waals surface area contributed by atoms with Crippen molar-refractivity contribution in [2.75, 3.05) is 26.4 Å². The van der Waals surface area contributed by atoms with Gasteiger partial charge in [-0.3, -0.25) is 0 Å². The Kier molecular flexibility index (Phi) is 1.91. The number of ether oxygens (including phenoxy) is 2. The van der Waals surface area contributed by atoms with Crippen LogP contribution in [0.3, 0.4) is 0 Å². The van der Waals surface area contributed by atoms with E-state index in [1.165, 1.54) is 12.8 Å². The number of hydrogen-bond donors (Lipinski definition) is 0. The molecule has 2 nitrogen and oxygen atoms in total. The first-order chi connectivity index (χ1) is 4.95.